The standard InChI is InChI=1S/C32H32N2O9S/c1-6-7-8-14-42-20-13-12-18(15-22(20)40-4)25-24(26(35)23-16-19-10-9-11-21(39-3)28(19)43-23)27(36)30(37)34(25)32-33-17(2)29(44-32)31(38)41-5/h9-13,15-16,25,36H,6-8,14H2,1-5H3. The van der Waals surface area contributed by atoms with Gasteiger partial charge in [-0.15, -0.1) is 0 Å². The number of esters is 1. The predicted octanol–water partition coefficient (Wildman–Crippen LogP) is 6.35. The molecule has 1 amide bonds. The average molecular weight is 621 g/mol. The van der Waals surface area contributed by atoms with Gasteiger partial charge in [0.05, 0.1) is 45.2 Å². The molecule has 0 saturated heterocycles. The minimum Gasteiger partial charge on any atom is -0.503 e. The number of methoxy groups -OCH3 is 3. The second-order valence-electron chi connectivity index (χ2n) is 10.0. The molecule has 5 rings (SSSR count). The highest BCUT2D eigenvalue weighted by atomic mass is 32.1. The summed E-state index contributed by atoms with van der Waals surface area (Å²) in [5.41, 5.74) is 0.893. The largest absolute Gasteiger partial charge is 0.503 e. The fraction of sp³-hybridized carbons (Fsp3) is 0.312. The lowest BCUT2D eigenvalue weighted by atomic mass is 9.95. The van der Waals surface area contributed by atoms with Crippen molar-refractivity contribution in [1.82, 2.24) is 4.98 Å². The minimum atomic E-state index is -1.15. The highest BCUT2D eigenvalue weighted by Crippen LogP contribution is 2.46. The van der Waals surface area contributed by atoms with Crippen molar-refractivity contribution in [1.29, 1.82) is 0 Å². The monoisotopic (exact) mass is 620 g/mol. The Morgan fingerprint density at radius 3 is 2.52 bits per heavy atom. The van der Waals surface area contributed by atoms with Crippen molar-refractivity contribution < 1.29 is 42.9 Å². The van der Waals surface area contributed by atoms with Gasteiger partial charge in [0.2, 0.25) is 5.78 Å². The number of unbranched alkanes of at least 4 members (excludes halogenated alkanes) is 2. The van der Waals surface area contributed by atoms with Crippen molar-refractivity contribution in [3.8, 4) is 17.2 Å². The molecule has 4 aromatic rings. The first-order valence-corrected chi connectivity index (χ1v) is 14.8. The van der Waals surface area contributed by atoms with E-state index < -0.39 is 29.5 Å². The summed E-state index contributed by atoms with van der Waals surface area (Å²) in [6, 6.07) is 10.6. The van der Waals surface area contributed by atoms with E-state index in [1.54, 1.807) is 43.3 Å². The van der Waals surface area contributed by atoms with Gasteiger partial charge >= 0.3 is 5.97 Å². The Hall–Kier alpha value is -4.84. The van der Waals surface area contributed by atoms with Crippen LogP contribution in [0.4, 0.5) is 5.13 Å². The molecule has 1 N–H and O–H groups in total. The number of aliphatic hydroxyl groups is 1. The first-order chi connectivity index (χ1) is 21.2. The van der Waals surface area contributed by atoms with Crippen LogP contribution < -0.4 is 19.1 Å². The third-order valence-electron chi connectivity index (χ3n) is 7.28. The molecule has 0 radical (unpaired) electrons. The van der Waals surface area contributed by atoms with Crippen LogP contribution >= 0.6 is 11.3 Å². The summed E-state index contributed by atoms with van der Waals surface area (Å²) in [7, 11) is 4.22. The molecule has 0 aliphatic carbocycles. The molecule has 12 heteroatoms. The lowest BCUT2D eigenvalue weighted by Crippen LogP contribution is -2.31. The summed E-state index contributed by atoms with van der Waals surface area (Å²) >= 11 is 0.915. The quantitative estimate of drug-likeness (QED) is 0.108. The number of nitrogens with zero attached hydrogens (tertiary/aromatic N) is 2. The molecule has 0 fully saturated rings. The van der Waals surface area contributed by atoms with E-state index in [-0.39, 0.29) is 21.3 Å². The molecule has 2 aromatic heterocycles. The number of benzene rings is 2. The number of hydrogen-bond donors (Lipinski definition) is 1. The van der Waals surface area contributed by atoms with Gasteiger partial charge < -0.3 is 28.5 Å². The van der Waals surface area contributed by atoms with Crippen LogP contribution in [0.5, 0.6) is 17.2 Å². The lowest BCUT2D eigenvalue weighted by Gasteiger charge is -2.25. The van der Waals surface area contributed by atoms with Gasteiger partial charge in [-0.3, -0.25) is 14.5 Å². The molecular weight excluding hydrogens is 588 g/mol. The summed E-state index contributed by atoms with van der Waals surface area (Å²) in [4.78, 5) is 46.0. The van der Waals surface area contributed by atoms with Gasteiger partial charge in [-0.1, -0.05) is 49.3 Å². The van der Waals surface area contributed by atoms with Crippen molar-refractivity contribution in [3.05, 3.63) is 75.7 Å². The van der Waals surface area contributed by atoms with Crippen LogP contribution in [0.25, 0.3) is 11.0 Å². The number of rotatable bonds is 12. The predicted molar refractivity (Wildman–Crippen MR) is 163 cm³/mol. The number of anilines is 1. The number of carbonyl (C=O) groups is 3. The van der Waals surface area contributed by atoms with E-state index in [0.717, 1.165) is 30.6 Å². The number of para-hydroxylation sites is 1. The zero-order chi connectivity index (χ0) is 31.5. The molecule has 0 spiro atoms. The molecule has 3 heterocycles. The van der Waals surface area contributed by atoms with Crippen LogP contribution in [0.2, 0.25) is 0 Å². The molecule has 44 heavy (non-hydrogen) atoms. The number of furan rings is 1. The zero-order valence-electron chi connectivity index (χ0n) is 25.0. The topological polar surface area (TPSA) is 138 Å². The Bertz CT molecular complexity index is 1770. The third kappa shape index (κ3) is 5.48. The van der Waals surface area contributed by atoms with Crippen molar-refractivity contribution in [2.24, 2.45) is 0 Å². The third-order valence-corrected chi connectivity index (χ3v) is 8.41. The first-order valence-electron chi connectivity index (χ1n) is 14.0. The lowest BCUT2D eigenvalue weighted by molar-refractivity contribution is -0.117. The number of amides is 1. The zero-order valence-corrected chi connectivity index (χ0v) is 25.8. The highest BCUT2D eigenvalue weighted by molar-refractivity contribution is 7.17. The normalized spacial score (nSPS) is 14.8. The van der Waals surface area contributed by atoms with Crippen LogP contribution in [0, 0.1) is 6.92 Å². The van der Waals surface area contributed by atoms with Gasteiger partial charge in [-0.05, 0) is 43.2 Å². The van der Waals surface area contributed by atoms with Crippen molar-refractivity contribution in [2.45, 2.75) is 39.2 Å². The van der Waals surface area contributed by atoms with E-state index in [0.29, 0.717) is 46.1 Å². The minimum absolute atomic E-state index is 0.0948. The van der Waals surface area contributed by atoms with E-state index in [1.807, 2.05) is 0 Å². The molecule has 1 unspecified atom stereocenters. The molecule has 0 saturated carbocycles. The van der Waals surface area contributed by atoms with E-state index >= 15 is 0 Å². The van der Waals surface area contributed by atoms with E-state index in [4.69, 9.17) is 23.4 Å². The van der Waals surface area contributed by atoms with Gasteiger partial charge in [0.15, 0.2) is 39.5 Å². The van der Waals surface area contributed by atoms with Crippen LogP contribution in [0.1, 0.15) is 63.7 Å². The Morgan fingerprint density at radius 2 is 1.82 bits per heavy atom. The fourth-order valence-electron chi connectivity index (χ4n) is 5.07. The molecule has 2 aromatic carbocycles. The molecule has 0 bridgehead atoms. The highest BCUT2D eigenvalue weighted by Gasteiger charge is 2.47. The van der Waals surface area contributed by atoms with Crippen LogP contribution in [-0.2, 0) is 9.53 Å². The molecule has 1 atom stereocenters. The van der Waals surface area contributed by atoms with Gasteiger partial charge in [-0.2, -0.15) is 0 Å². The molecule has 230 valence electrons. The fourth-order valence-corrected chi connectivity index (χ4v) is 6.08. The number of aliphatic hydroxyl groups excluding tert-OH is 1. The SMILES string of the molecule is CCCCCOc1ccc(C2C(C(=O)c3cc4cccc(OC)c4o3)=C(O)C(=O)N2c2nc(C)c(C(=O)OC)s2)cc1OC. The van der Waals surface area contributed by atoms with Crippen molar-refractivity contribution in [3.63, 3.8) is 0 Å². The number of fused-ring (bicyclic) bond motifs is 1. The Kier molecular flexibility index (Phi) is 8.91. The summed E-state index contributed by atoms with van der Waals surface area (Å²) in [5.74, 6) is -1.76. The maximum absolute atomic E-state index is 14.1. The van der Waals surface area contributed by atoms with Gasteiger partial charge in [0, 0.05) is 5.39 Å². The Labute approximate surface area is 257 Å². The van der Waals surface area contributed by atoms with Crippen molar-refractivity contribution in [2.75, 3.05) is 32.8 Å². The number of carbonyl (C=O) groups excluding carboxylic acids is 3. The number of hydrogen-bond acceptors (Lipinski definition) is 11. The van der Waals surface area contributed by atoms with E-state index in [2.05, 4.69) is 11.9 Å². The summed E-state index contributed by atoms with van der Waals surface area (Å²) in [6.45, 7) is 4.20. The maximum Gasteiger partial charge on any atom is 0.350 e. The van der Waals surface area contributed by atoms with Gasteiger partial charge in [-0.25, -0.2) is 9.78 Å². The smallest absolute Gasteiger partial charge is 0.350 e. The summed E-state index contributed by atoms with van der Waals surface area (Å²) < 4.78 is 27.7. The van der Waals surface area contributed by atoms with E-state index in [9.17, 15) is 19.5 Å². The van der Waals surface area contributed by atoms with Gasteiger partial charge in [0.1, 0.15) is 4.88 Å². The second kappa shape index (κ2) is 12.8. The number of aryl methyl sites for hydroxylation is 1. The average Bonchev–Trinajstić information content (AvgIpc) is 3.72. The van der Waals surface area contributed by atoms with Crippen LogP contribution in [0.3, 0.4) is 0 Å². The Balaban J connectivity index is 1.63. The number of ether oxygens (including phenoxy) is 4. The number of ketones is 1. The Morgan fingerprint density at radius 1 is 1.05 bits per heavy atom. The molecular formula is C32H32N2O9S. The van der Waals surface area contributed by atoms with Crippen LogP contribution in [0.15, 0.2) is 58.2 Å². The van der Waals surface area contributed by atoms with E-state index in [1.165, 1.54) is 32.3 Å². The second-order valence-corrected chi connectivity index (χ2v) is 11.0. The number of aromatic nitrogens is 1. The molecule has 11 nitrogen and oxygen atoms in total. The van der Waals surface area contributed by atoms with Gasteiger partial charge in [0.25, 0.3) is 5.91 Å². The summed E-state index contributed by atoms with van der Waals surface area (Å²) in [5, 5.41) is 11.9. The van der Waals surface area contributed by atoms with Crippen molar-refractivity contribution >= 4 is 45.1 Å². The summed E-state index contributed by atoms with van der Waals surface area (Å²) in [6.07, 6.45) is 2.93. The molecule has 1 aliphatic rings. The number of thiazole rings is 1. The maximum atomic E-state index is 14.1. The molecule has 1 aliphatic heterocycles. The van der Waals surface area contributed by atoms with Crippen LogP contribution in [-0.4, -0.2) is 55.7 Å². The first kappa shape index (κ1) is 30.6. The number of Topliss-reactive ketones (excluding diaryl/α,β-unsaturated/α-hetero) is 1.